The molecule has 0 radical (unpaired) electrons. The summed E-state index contributed by atoms with van der Waals surface area (Å²) in [6.07, 6.45) is 1.77. The Hall–Kier alpha value is -3.88. The van der Waals surface area contributed by atoms with Gasteiger partial charge in [-0.1, -0.05) is 23.7 Å². The molecule has 1 aliphatic rings. The van der Waals surface area contributed by atoms with Crippen molar-refractivity contribution in [2.24, 2.45) is 0 Å². The Bertz CT molecular complexity index is 1550. The van der Waals surface area contributed by atoms with Crippen molar-refractivity contribution in [3.05, 3.63) is 106 Å². The molecule has 0 bridgehead atoms. The molecule has 194 valence electrons. The minimum Gasteiger partial charge on any atom is -0.495 e. The number of nitrogens with zero attached hydrogens (tertiary/aromatic N) is 3. The summed E-state index contributed by atoms with van der Waals surface area (Å²) < 4.78 is 7.47. The van der Waals surface area contributed by atoms with Gasteiger partial charge in [0.25, 0.3) is 0 Å². The molecule has 0 unspecified atom stereocenters. The van der Waals surface area contributed by atoms with E-state index in [1.54, 1.807) is 25.4 Å². The third kappa shape index (κ3) is 4.40. The number of hydrogen-bond acceptors (Lipinski definition) is 4. The molecule has 38 heavy (non-hydrogen) atoms. The van der Waals surface area contributed by atoms with Crippen molar-refractivity contribution in [3.8, 4) is 11.4 Å². The first-order chi connectivity index (χ1) is 18.2. The van der Waals surface area contributed by atoms with Gasteiger partial charge in [0.15, 0.2) is 5.11 Å². The van der Waals surface area contributed by atoms with Crippen molar-refractivity contribution in [2.75, 3.05) is 12.0 Å². The number of carboxylic acid groups (broad SMARTS) is 1. The molecule has 2 aromatic carbocycles. The van der Waals surface area contributed by atoms with E-state index < -0.39 is 5.97 Å². The molecule has 1 fully saturated rings. The smallest absolute Gasteiger partial charge is 0.335 e. The predicted molar refractivity (Wildman–Crippen MR) is 153 cm³/mol. The quantitative estimate of drug-likeness (QED) is 0.273. The van der Waals surface area contributed by atoms with Gasteiger partial charge in [0, 0.05) is 29.0 Å². The molecule has 0 amide bonds. The SMILES string of the molecule is COc1ccc(N2C(=S)N[C@@H](c3ccccn3)[C@H]2c2cc(C)n(-c3cc(C(=O)O)ccc3C)c2C)cc1Cl. The van der Waals surface area contributed by atoms with Gasteiger partial charge in [-0.05, 0) is 92.6 Å². The molecule has 2 aromatic heterocycles. The van der Waals surface area contributed by atoms with Gasteiger partial charge in [-0.15, -0.1) is 0 Å². The Morgan fingerprint density at radius 3 is 2.55 bits per heavy atom. The average molecular weight is 547 g/mol. The van der Waals surface area contributed by atoms with Gasteiger partial charge < -0.3 is 24.6 Å². The minimum absolute atomic E-state index is 0.232. The largest absolute Gasteiger partial charge is 0.495 e. The number of rotatable bonds is 6. The van der Waals surface area contributed by atoms with E-state index in [1.165, 1.54) is 0 Å². The van der Waals surface area contributed by atoms with E-state index in [0.29, 0.717) is 15.9 Å². The number of carbonyl (C=O) groups is 1. The van der Waals surface area contributed by atoms with E-state index in [9.17, 15) is 9.90 Å². The lowest BCUT2D eigenvalue weighted by atomic mass is 9.96. The molecule has 2 N–H and O–H groups in total. The number of pyridine rings is 1. The summed E-state index contributed by atoms with van der Waals surface area (Å²) in [4.78, 5) is 18.4. The van der Waals surface area contributed by atoms with E-state index >= 15 is 0 Å². The molecule has 3 heterocycles. The van der Waals surface area contributed by atoms with Crippen LogP contribution in [0.5, 0.6) is 5.75 Å². The Morgan fingerprint density at radius 2 is 1.89 bits per heavy atom. The number of aromatic nitrogens is 2. The Labute approximate surface area is 231 Å². The maximum absolute atomic E-state index is 11.7. The summed E-state index contributed by atoms with van der Waals surface area (Å²) in [5.74, 6) is -0.379. The van der Waals surface area contributed by atoms with Gasteiger partial charge >= 0.3 is 5.97 Å². The number of halogens is 1. The number of aromatic carboxylic acids is 1. The van der Waals surface area contributed by atoms with Crippen LogP contribution in [0.2, 0.25) is 5.02 Å². The van der Waals surface area contributed by atoms with Crippen molar-refractivity contribution in [2.45, 2.75) is 32.9 Å². The number of hydrogen-bond donors (Lipinski definition) is 2. The maximum atomic E-state index is 11.7. The molecule has 0 spiro atoms. The molecule has 9 heteroatoms. The lowest BCUT2D eigenvalue weighted by Crippen LogP contribution is -2.29. The van der Waals surface area contributed by atoms with Crippen molar-refractivity contribution in [1.29, 1.82) is 0 Å². The first kappa shape index (κ1) is 25.8. The van der Waals surface area contributed by atoms with E-state index in [2.05, 4.69) is 25.8 Å². The minimum atomic E-state index is -0.961. The van der Waals surface area contributed by atoms with Gasteiger partial charge in [0.05, 0.1) is 35.5 Å². The standard InChI is InChI=1S/C29H27ClN4O3S/c1-16-8-9-19(28(35)36)14-24(16)33-17(2)13-21(18(33)3)27-26(23-7-5-6-12-31-23)32-29(38)34(27)20-10-11-25(37-4)22(30)15-20/h5-15,26-27H,1-4H3,(H,32,38)(H,35,36)/t26-,27+/m0/s1. The van der Waals surface area contributed by atoms with Gasteiger partial charge in [0.2, 0.25) is 0 Å². The fourth-order valence-corrected chi connectivity index (χ4v) is 5.79. The number of ether oxygens (including phenoxy) is 1. The third-order valence-electron chi connectivity index (χ3n) is 7.00. The highest BCUT2D eigenvalue weighted by Crippen LogP contribution is 2.45. The van der Waals surface area contributed by atoms with Crippen LogP contribution >= 0.6 is 23.8 Å². The number of anilines is 1. The zero-order chi connectivity index (χ0) is 27.1. The maximum Gasteiger partial charge on any atom is 0.335 e. The third-order valence-corrected chi connectivity index (χ3v) is 7.61. The van der Waals surface area contributed by atoms with Crippen LogP contribution in [-0.2, 0) is 0 Å². The average Bonchev–Trinajstić information content (AvgIpc) is 3.39. The van der Waals surface area contributed by atoms with Gasteiger partial charge in [0.1, 0.15) is 5.75 Å². The highest BCUT2D eigenvalue weighted by atomic mass is 35.5. The molecule has 0 saturated carbocycles. The summed E-state index contributed by atoms with van der Waals surface area (Å²) in [7, 11) is 1.58. The van der Waals surface area contributed by atoms with E-state index in [-0.39, 0.29) is 17.6 Å². The van der Waals surface area contributed by atoms with Crippen LogP contribution in [0.4, 0.5) is 5.69 Å². The fraction of sp³-hybridized carbons (Fsp3) is 0.207. The first-order valence-corrected chi connectivity index (χ1v) is 12.9. The predicted octanol–water partition coefficient (Wildman–Crippen LogP) is 6.33. The second kappa shape index (κ2) is 10.1. The van der Waals surface area contributed by atoms with E-state index in [0.717, 1.165) is 39.6 Å². The van der Waals surface area contributed by atoms with Crippen molar-refractivity contribution >= 4 is 40.6 Å². The summed E-state index contributed by atoms with van der Waals surface area (Å²) in [6.45, 7) is 6.05. The monoisotopic (exact) mass is 546 g/mol. The molecular formula is C29H27ClN4O3S. The molecule has 1 saturated heterocycles. The van der Waals surface area contributed by atoms with Gasteiger partial charge in [-0.2, -0.15) is 0 Å². The van der Waals surface area contributed by atoms with Gasteiger partial charge in [-0.25, -0.2) is 4.79 Å². The van der Waals surface area contributed by atoms with Gasteiger partial charge in [-0.3, -0.25) is 4.98 Å². The Balaban J connectivity index is 1.70. The Kier molecular flexibility index (Phi) is 6.86. The number of nitrogens with one attached hydrogen (secondary N) is 1. The van der Waals surface area contributed by atoms with E-state index in [4.69, 9.17) is 28.6 Å². The normalized spacial score (nSPS) is 17.0. The zero-order valence-electron chi connectivity index (χ0n) is 21.4. The number of methoxy groups -OCH3 is 1. The van der Waals surface area contributed by atoms with E-state index in [1.807, 2.05) is 63.2 Å². The highest BCUT2D eigenvalue weighted by molar-refractivity contribution is 7.80. The van der Waals surface area contributed by atoms with Crippen LogP contribution in [0.3, 0.4) is 0 Å². The second-order valence-electron chi connectivity index (χ2n) is 9.28. The second-order valence-corrected chi connectivity index (χ2v) is 10.1. The van der Waals surface area contributed by atoms with Crippen LogP contribution in [0.1, 0.15) is 50.7 Å². The lowest BCUT2D eigenvalue weighted by molar-refractivity contribution is 0.0697. The number of aryl methyl sites for hydroxylation is 2. The van der Waals surface area contributed by atoms with Crippen LogP contribution < -0.4 is 15.0 Å². The molecule has 0 aliphatic carbocycles. The topological polar surface area (TPSA) is 79.6 Å². The summed E-state index contributed by atoms with van der Waals surface area (Å²) in [5, 5.41) is 14.1. The Morgan fingerprint density at radius 1 is 1.11 bits per heavy atom. The molecular weight excluding hydrogens is 520 g/mol. The first-order valence-electron chi connectivity index (χ1n) is 12.1. The van der Waals surface area contributed by atoms with Crippen molar-refractivity contribution in [1.82, 2.24) is 14.9 Å². The van der Waals surface area contributed by atoms with Crippen LogP contribution in [0.15, 0.2) is 66.9 Å². The molecule has 5 rings (SSSR count). The lowest BCUT2D eigenvalue weighted by Gasteiger charge is -2.28. The number of benzene rings is 2. The molecule has 2 atom stereocenters. The van der Waals surface area contributed by atoms with Crippen LogP contribution in [-0.4, -0.2) is 32.8 Å². The van der Waals surface area contributed by atoms with Crippen molar-refractivity contribution < 1.29 is 14.6 Å². The summed E-state index contributed by atoms with van der Waals surface area (Å²) in [5.41, 5.74) is 6.73. The molecule has 1 aliphatic heterocycles. The number of thiocarbonyl (C=S) groups is 1. The van der Waals surface area contributed by atoms with Crippen molar-refractivity contribution in [3.63, 3.8) is 0 Å². The summed E-state index contributed by atoms with van der Waals surface area (Å²) >= 11 is 12.4. The number of carboxylic acids is 1. The summed E-state index contributed by atoms with van der Waals surface area (Å²) in [6, 6.07) is 18.3. The molecule has 4 aromatic rings. The van der Waals surface area contributed by atoms with Crippen LogP contribution in [0.25, 0.3) is 5.69 Å². The highest BCUT2D eigenvalue weighted by Gasteiger charge is 2.42. The zero-order valence-corrected chi connectivity index (χ0v) is 23.0. The molecule has 7 nitrogen and oxygen atoms in total. The van der Waals surface area contributed by atoms with Crippen LogP contribution in [0, 0.1) is 20.8 Å². The fourth-order valence-electron chi connectivity index (χ4n) is 5.20.